The molecule has 1 aromatic rings. The maximum Gasteiger partial charge on any atom is 0.151 e. The summed E-state index contributed by atoms with van der Waals surface area (Å²) in [7, 11) is 0. The van der Waals surface area contributed by atoms with Gasteiger partial charge in [0.2, 0.25) is 0 Å². The number of nitrogens with zero attached hydrogens (tertiary/aromatic N) is 3. The highest BCUT2D eigenvalue weighted by atomic mass is 35.5. The fourth-order valence-electron chi connectivity index (χ4n) is 2.33. The molecular weight excluding hydrogens is 210 g/mol. The van der Waals surface area contributed by atoms with E-state index in [-0.39, 0.29) is 0 Å². The second-order valence-electron chi connectivity index (χ2n) is 4.57. The summed E-state index contributed by atoms with van der Waals surface area (Å²) in [5.74, 6) is 2.40. The molecular formula is C11H16ClN3. The second kappa shape index (κ2) is 4.35. The van der Waals surface area contributed by atoms with E-state index in [2.05, 4.69) is 28.9 Å². The molecule has 1 saturated heterocycles. The van der Waals surface area contributed by atoms with Crippen LogP contribution in [0.1, 0.15) is 20.3 Å². The Morgan fingerprint density at radius 2 is 1.87 bits per heavy atom. The monoisotopic (exact) mass is 225 g/mol. The van der Waals surface area contributed by atoms with Crippen molar-refractivity contribution in [3.63, 3.8) is 0 Å². The predicted molar refractivity (Wildman–Crippen MR) is 62.2 cm³/mol. The van der Waals surface area contributed by atoms with E-state index >= 15 is 0 Å². The molecule has 2 heterocycles. The zero-order valence-electron chi connectivity index (χ0n) is 9.15. The molecule has 0 saturated carbocycles. The lowest BCUT2D eigenvalue weighted by atomic mass is 9.92. The normalized spacial score (nSPS) is 26.7. The zero-order chi connectivity index (χ0) is 10.8. The van der Waals surface area contributed by atoms with Gasteiger partial charge in [0.25, 0.3) is 0 Å². The first kappa shape index (κ1) is 10.7. The Kier molecular flexibility index (Phi) is 3.10. The number of halogens is 1. The first-order chi connectivity index (χ1) is 7.15. The fourth-order valence-corrected chi connectivity index (χ4v) is 2.43. The molecule has 0 radical (unpaired) electrons. The molecule has 1 aliphatic rings. The van der Waals surface area contributed by atoms with Gasteiger partial charge >= 0.3 is 0 Å². The third kappa shape index (κ3) is 2.59. The minimum Gasteiger partial charge on any atom is -0.355 e. The van der Waals surface area contributed by atoms with E-state index in [4.69, 9.17) is 11.6 Å². The quantitative estimate of drug-likeness (QED) is 0.736. The minimum absolute atomic E-state index is 0.455. The van der Waals surface area contributed by atoms with E-state index in [9.17, 15) is 0 Å². The van der Waals surface area contributed by atoms with Gasteiger partial charge in [0.15, 0.2) is 11.0 Å². The molecule has 1 aromatic heterocycles. The van der Waals surface area contributed by atoms with Crippen molar-refractivity contribution in [2.24, 2.45) is 11.8 Å². The van der Waals surface area contributed by atoms with Gasteiger partial charge in [-0.25, -0.2) is 0 Å². The van der Waals surface area contributed by atoms with Crippen LogP contribution in [0.15, 0.2) is 12.1 Å². The van der Waals surface area contributed by atoms with E-state index in [0.717, 1.165) is 30.7 Å². The van der Waals surface area contributed by atoms with Gasteiger partial charge in [0.1, 0.15) is 0 Å². The van der Waals surface area contributed by atoms with E-state index in [1.165, 1.54) is 6.42 Å². The van der Waals surface area contributed by atoms with Gasteiger partial charge in [-0.2, -0.15) is 0 Å². The number of hydrogen-bond donors (Lipinski definition) is 0. The average molecular weight is 226 g/mol. The van der Waals surface area contributed by atoms with Crippen LogP contribution in [0.2, 0.25) is 5.15 Å². The molecule has 2 atom stereocenters. The molecule has 4 heteroatoms. The Labute approximate surface area is 95.5 Å². The van der Waals surface area contributed by atoms with Crippen molar-refractivity contribution in [3.05, 3.63) is 17.3 Å². The minimum atomic E-state index is 0.455. The van der Waals surface area contributed by atoms with E-state index in [1.807, 2.05) is 6.07 Å². The highest BCUT2D eigenvalue weighted by Crippen LogP contribution is 2.24. The van der Waals surface area contributed by atoms with E-state index in [0.29, 0.717) is 5.15 Å². The molecule has 0 spiro atoms. The molecule has 2 rings (SSSR count). The summed E-state index contributed by atoms with van der Waals surface area (Å²) in [5.41, 5.74) is 0. The summed E-state index contributed by atoms with van der Waals surface area (Å²) < 4.78 is 0. The molecule has 0 aromatic carbocycles. The van der Waals surface area contributed by atoms with Crippen molar-refractivity contribution in [3.8, 4) is 0 Å². The molecule has 1 aliphatic heterocycles. The van der Waals surface area contributed by atoms with Crippen LogP contribution >= 0.6 is 11.6 Å². The van der Waals surface area contributed by atoms with Gasteiger partial charge < -0.3 is 4.90 Å². The number of aromatic nitrogens is 2. The topological polar surface area (TPSA) is 29.0 Å². The zero-order valence-corrected chi connectivity index (χ0v) is 9.91. The van der Waals surface area contributed by atoms with Crippen molar-refractivity contribution >= 4 is 17.4 Å². The molecule has 3 nitrogen and oxygen atoms in total. The highest BCUT2D eigenvalue weighted by molar-refractivity contribution is 6.29. The summed E-state index contributed by atoms with van der Waals surface area (Å²) in [5, 5.41) is 8.45. The van der Waals surface area contributed by atoms with Crippen LogP contribution in [0.25, 0.3) is 0 Å². The lowest BCUT2D eigenvalue weighted by molar-refractivity contribution is 0.355. The first-order valence-electron chi connectivity index (χ1n) is 5.39. The predicted octanol–water partition coefficient (Wildman–Crippen LogP) is 2.61. The van der Waals surface area contributed by atoms with Crippen LogP contribution < -0.4 is 4.90 Å². The molecule has 0 bridgehead atoms. The van der Waals surface area contributed by atoms with Crippen LogP contribution in [-0.4, -0.2) is 23.3 Å². The Morgan fingerprint density at radius 3 is 2.40 bits per heavy atom. The average Bonchev–Trinajstić information content (AvgIpc) is 2.17. The SMILES string of the molecule is C[C@@H]1C[C@H](C)CN(c2ccc(Cl)nn2)C1. The third-order valence-corrected chi connectivity index (χ3v) is 3.01. The van der Waals surface area contributed by atoms with Gasteiger partial charge in [-0.05, 0) is 30.4 Å². The number of hydrogen-bond acceptors (Lipinski definition) is 3. The highest BCUT2D eigenvalue weighted by Gasteiger charge is 2.22. The molecule has 0 N–H and O–H groups in total. The van der Waals surface area contributed by atoms with Gasteiger partial charge in [-0.15, -0.1) is 10.2 Å². The number of piperidine rings is 1. The number of rotatable bonds is 1. The standard InChI is InChI=1S/C11H16ClN3/c1-8-5-9(2)7-15(6-8)11-4-3-10(12)13-14-11/h3-4,8-9H,5-7H2,1-2H3/t8-,9+. The Hall–Kier alpha value is -0.830. The molecule has 15 heavy (non-hydrogen) atoms. The summed E-state index contributed by atoms with van der Waals surface area (Å²) in [6, 6.07) is 3.74. The largest absolute Gasteiger partial charge is 0.355 e. The summed E-state index contributed by atoms with van der Waals surface area (Å²) >= 11 is 5.72. The smallest absolute Gasteiger partial charge is 0.151 e. The van der Waals surface area contributed by atoms with Gasteiger partial charge in [-0.3, -0.25) is 0 Å². The molecule has 0 amide bonds. The van der Waals surface area contributed by atoms with Crippen molar-refractivity contribution in [1.29, 1.82) is 0 Å². The van der Waals surface area contributed by atoms with E-state index < -0.39 is 0 Å². The van der Waals surface area contributed by atoms with Gasteiger partial charge in [0.05, 0.1) is 0 Å². The summed E-state index contributed by atoms with van der Waals surface area (Å²) in [6.45, 7) is 6.71. The van der Waals surface area contributed by atoms with Crippen molar-refractivity contribution in [2.45, 2.75) is 20.3 Å². The van der Waals surface area contributed by atoms with Crippen LogP contribution in [0.3, 0.4) is 0 Å². The van der Waals surface area contributed by atoms with Crippen molar-refractivity contribution in [2.75, 3.05) is 18.0 Å². The van der Waals surface area contributed by atoms with Crippen LogP contribution in [0.5, 0.6) is 0 Å². The van der Waals surface area contributed by atoms with Gasteiger partial charge in [-0.1, -0.05) is 25.4 Å². The van der Waals surface area contributed by atoms with E-state index in [1.54, 1.807) is 6.07 Å². The fraction of sp³-hybridized carbons (Fsp3) is 0.636. The van der Waals surface area contributed by atoms with Gasteiger partial charge in [0, 0.05) is 13.1 Å². The molecule has 0 aliphatic carbocycles. The first-order valence-corrected chi connectivity index (χ1v) is 5.77. The Bertz CT molecular complexity index is 315. The summed E-state index contributed by atoms with van der Waals surface area (Å²) in [4.78, 5) is 2.29. The van der Waals surface area contributed by atoms with Crippen molar-refractivity contribution in [1.82, 2.24) is 10.2 Å². The molecule has 1 fully saturated rings. The maximum atomic E-state index is 5.72. The Balaban J connectivity index is 2.12. The van der Waals surface area contributed by atoms with Crippen LogP contribution in [0, 0.1) is 11.8 Å². The van der Waals surface area contributed by atoms with Crippen molar-refractivity contribution < 1.29 is 0 Å². The van der Waals surface area contributed by atoms with Crippen LogP contribution in [-0.2, 0) is 0 Å². The Morgan fingerprint density at radius 1 is 1.20 bits per heavy atom. The lowest BCUT2D eigenvalue weighted by Gasteiger charge is -2.35. The third-order valence-electron chi connectivity index (χ3n) is 2.81. The molecule has 0 unspecified atom stereocenters. The lowest BCUT2D eigenvalue weighted by Crippen LogP contribution is -2.39. The number of anilines is 1. The summed E-state index contributed by atoms with van der Waals surface area (Å²) in [6.07, 6.45) is 1.30. The second-order valence-corrected chi connectivity index (χ2v) is 4.95. The van der Waals surface area contributed by atoms with Crippen LogP contribution in [0.4, 0.5) is 5.82 Å². The maximum absolute atomic E-state index is 5.72. The molecule has 82 valence electrons.